The zero-order valence-corrected chi connectivity index (χ0v) is 11.2. The van der Waals surface area contributed by atoms with Crippen molar-refractivity contribution in [1.82, 2.24) is 10.3 Å². The zero-order valence-electron chi connectivity index (χ0n) is 9.03. The average Bonchev–Trinajstić information content (AvgIpc) is 2.75. The molecule has 0 saturated carbocycles. The van der Waals surface area contributed by atoms with Crippen LogP contribution in [-0.2, 0) is 6.42 Å². The third-order valence-corrected chi connectivity index (χ3v) is 3.22. The minimum Gasteiger partial charge on any atom is -0.441 e. The summed E-state index contributed by atoms with van der Waals surface area (Å²) in [5.74, 6) is 1.63. The van der Waals surface area contributed by atoms with Gasteiger partial charge in [-0.1, -0.05) is 18.2 Å². The molecule has 0 unspecified atom stereocenters. The summed E-state index contributed by atoms with van der Waals surface area (Å²) in [5.41, 5.74) is 1.10. The van der Waals surface area contributed by atoms with E-state index in [1.54, 1.807) is 6.20 Å². The molecule has 1 aromatic heterocycles. The molecule has 0 spiro atoms. The summed E-state index contributed by atoms with van der Waals surface area (Å²) in [6.07, 6.45) is 2.61. The van der Waals surface area contributed by atoms with Gasteiger partial charge in [0.25, 0.3) is 0 Å². The number of hydrogen-bond acceptors (Lipinski definition) is 3. The van der Waals surface area contributed by atoms with Gasteiger partial charge in [-0.2, -0.15) is 0 Å². The maximum Gasteiger partial charge on any atom is 0.196 e. The lowest BCUT2D eigenvalue weighted by molar-refractivity contribution is 0.500. The standard InChI is InChI=1S/C12H13IN2O/c1-14-7-6-12-15-8-11(16-12)9-4-2-3-5-10(9)13/h2-5,8,14H,6-7H2,1H3. The van der Waals surface area contributed by atoms with E-state index < -0.39 is 0 Å². The van der Waals surface area contributed by atoms with Gasteiger partial charge in [0.1, 0.15) is 0 Å². The summed E-state index contributed by atoms with van der Waals surface area (Å²) in [6.45, 7) is 0.881. The molecule has 1 heterocycles. The fraction of sp³-hybridized carbons (Fsp3) is 0.250. The van der Waals surface area contributed by atoms with E-state index in [0.717, 1.165) is 30.2 Å². The molecule has 0 aliphatic rings. The van der Waals surface area contributed by atoms with E-state index in [1.165, 1.54) is 3.57 Å². The van der Waals surface area contributed by atoms with Crippen molar-refractivity contribution in [3.05, 3.63) is 39.9 Å². The molecule has 2 rings (SSSR count). The Balaban J connectivity index is 2.22. The Bertz CT molecular complexity index is 468. The summed E-state index contributed by atoms with van der Waals surface area (Å²) in [7, 11) is 1.92. The SMILES string of the molecule is CNCCc1ncc(-c2ccccc2I)o1. The number of hydrogen-bond donors (Lipinski definition) is 1. The van der Waals surface area contributed by atoms with Crippen molar-refractivity contribution in [2.24, 2.45) is 0 Å². The van der Waals surface area contributed by atoms with Gasteiger partial charge in [-0.05, 0) is 35.7 Å². The normalized spacial score (nSPS) is 10.6. The molecule has 3 nitrogen and oxygen atoms in total. The molecular weight excluding hydrogens is 315 g/mol. The van der Waals surface area contributed by atoms with Crippen LogP contribution in [0.1, 0.15) is 5.89 Å². The fourth-order valence-corrected chi connectivity index (χ4v) is 2.10. The highest BCUT2D eigenvalue weighted by Crippen LogP contribution is 2.25. The molecule has 84 valence electrons. The number of aromatic nitrogens is 1. The van der Waals surface area contributed by atoms with Gasteiger partial charge in [-0.15, -0.1) is 0 Å². The summed E-state index contributed by atoms with van der Waals surface area (Å²) in [4.78, 5) is 4.26. The third-order valence-electron chi connectivity index (χ3n) is 2.28. The number of rotatable bonds is 4. The molecular formula is C12H13IN2O. The molecule has 0 atom stereocenters. The van der Waals surface area contributed by atoms with Crippen LogP contribution in [0.15, 0.2) is 34.9 Å². The molecule has 4 heteroatoms. The molecule has 1 N–H and O–H groups in total. The smallest absolute Gasteiger partial charge is 0.196 e. The minimum atomic E-state index is 0.781. The van der Waals surface area contributed by atoms with E-state index in [1.807, 2.05) is 25.2 Å². The Kier molecular flexibility index (Phi) is 3.95. The second kappa shape index (κ2) is 5.45. The first-order chi connectivity index (χ1) is 7.81. The van der Waals surface area contributed by atoms with Gasteiger partial charge in [-0.25, -0.2) is 4.98 Å². The van der Waals surface area contributed by atoms with Crippen molar-refractivity contribution < 1.29 is 4.42 Å². The first-order valence-electron chi connectivity index (χ1n) is 5.15. The lowest BCUT2D eigenvalue weighted by atomic mass is 10.2. The van der Waals surface area contributed by atoms with Gasteiger partial charge in [0.2, 0.25) is 0 Å². The van der Waals surface area contributed by atoms with Crippen LogP contribution in [0, 0.1) is 3.57 Å². The second-order valence-corrected chi connectivity index (χ2v) is 4.61. The molecule has 0 fully saturated rings. The van der Waals surface area contributed by atoms with Gasteiger partial charge in [0.15, 0.2) is 11.7 Å². The van der Waals surface area contributed by atoms with E-state index in [-0.39, 0.29) is 0 Å². The Morgan fingerprint density at radius 3 is 2.94 bits per heavy atom. The maximum absolute atomic E-state index is 5.70. The van der Waals surface area contributed by atoms with Crippen molar-refractivity contribution in [1.29, 1.82) is 0 Å². The van der Waals surface area contributed by atoms with Gasteiger partial charge >= 0.3 is 0 Å². The van der Waals surface area contributed by atoms with Crippen molar-refractivity contribution >= 4 is 22.6 Å². The van der Waals surface area contributed by atoms with E-state index >= 15 is 0 Å². The summed E-state index contributed by atoms with van der Waals surface area (Å²) < 4.78 is 6.87. The highest BCUT2D eigenvalue weighted by Gasteiger charge is 2.08. The number of nitrogens with one attached hydrogen (secondary N) is 1. The molecule has 0 radical (unpaired) electrons. The minimum absolute atomic E-state index is 0.781. The first kappa shape index (κ1) is 11.6. The van der Waals surface area contributed by atoms with Crippen LogP contribution < -0.4 is 5.32 Å². The molecule has 0 saturated heterocycles. The fourth-order valence-electron chi connectivity index (χ4n) is 1.44. The van der Waals surface area contributed by atoms with Crippen LogP contribution in [0.5, 0.6) is 0 Å². The summed E-state index contributed by atoms with van der Waals surface area (Å²) >= 11 is 2.30. The van der Waals surface area contributed by atoms with Crippen molar-refractivity contribution in [3.63, 3.8) is 0 Å². The van der Waals surface area contributed by atoms with Crippen LogP contribution in [-0.4, -0.2) is 18.6 Å². The van der Waals surface area contributed by atoms with Gasteiger partial charge in [-0.3, -0.25) is 0 Å². The number of halogens is 1. The topological polar surface area (TPSA) is 38.1 Å². The monoisotopic (exact) mass is 328 g/mol. The van der Waals surface area contributed by atoms with Gasteiger partial charge < -0.3 is 9.73 Å². The average molecular weight is 328 g/mol. The maximum atomic E-state index is 5.70. The van der Waals surface area contributed by atoms with Gasteiger partial charge in [0.05, 0.1) is 6.20 Å². The zero-order chi connectivity index (χ0) is 11.4. The van der Waals surface area contributed by atoms with Crippen LogP contribution in [0.2, 0.25) is 0 Å². The quantitative estimate of drug-likeness (QED) is 0.877. The Labute approximate surface area is 108 Å². The van der Waals surface area contributed by atoms with Crippen LogP contribution in [0.3, 0.4) is 0 Å². The highest BCUT2D eigenvalue weighted by molar-refractivity contribution is 14.1. The van der Waals surface area contributed by atoms with Crippen molar-refractivity contribution in [3.8, 4) is 11.3 Å². The second-order valence-electron chi connectivity index (χ2n) is 3.45. The lowest BCUT2D eigenvalue weighted by Gasteiger charge is -1.99. The first-order valence-corrected chi connectivity index (χ1v) is 6.23. The number of nitrogens with zero attached hydrogens (tertiary/aromatic N) is 1. The number of oxazole rings is 1. The number of likely N-dealkylation sites (N-methyl/N-ethyl adjacent to an activating group) is 1. The third kappa shape index (κ3) is 2.62. The van der Waals surface area contributed by atoms with E-state index in [0.29, 0.717) is 0 Å². The predicted molar refractivity (Wildman–Crippen MR) is 72.3 cm³/mol. The predicted octanol–water partition coefficient (Wildman–Crippen LogP) is 2.71. The largest absolute Gasteiger partial charge is 0.441 e. The molecule has 0 aliphatic heterocycles. The highest BCUT2D eigenvalue weighted by atomic mass is 127. The number of benzene rings is 1. The van der Waals surface area contributed by atoms with E-state index in [9.17, 15) is 0 Å². The molecule has 0 bridgehead atoms. The van der Waals surface area contributed by atoms with Crippen LogP contribution in [0.25, 0.3) is 11.3 Å². The van der Waals surface area contributed by atoms with Crippen molar-refractivity contribution in [2.45, 2.75) is 6.42 Å². The van der Waals surface area contributed by atoms with E-state index in [2.05, 4.69) is 39.0 Å². The lowest BCUT2D eigenvalue weighted by Crippen LogP contribution is -2.10. The van der Waals surface area contributed by atoms with Crippen LogP contribution >= 0.6 is 22.6 Å². The van der Waals surface area contributed by atoms with E-state index in [4.69, 9.17) is 4.42 Å². The molecule has 2 aromatic rings. The Morgan fingerprint density at radius 2 is 2.19 bits per heavy atom. The molecule has 0 aliphatic carbocycles. The van der Waals surface area contributed by atoms with Gasteiger partial charge in [0, 0.05) is 22.1 Å². The summed E-state index contributed by atoms with van der Waals surface area (Å²) in [5, 5.41) is 3.08. The summed E-state index contributed by atoms with van der Waals surface area (Å²) in [6, 6.07) is 8.13. The van der Waals surface area contributed by atoms with Crippen LogP contribution in [0.4, 0.5) is 0 Å². The Hall–Kier alpha value is -0.880. The molecule has 1 aromatic carbocycles. The molecule has 0 amide bonds. The molecule has 16 heavy (non-hydrogen) atoms. The Morgan fingerprint density at radius 1 is 1.38 bits per heavy atom. The van der Waals surface area contributed by atoms with Crippen molar-refractivity contribution in [2.75, 3.05) is 13.6 Å².